The van der Waals surface area contributed by atoms with Crippen LogP contribution in [0, 0.1) is 0 Å². The molecule has 0 aliphatic heterocycles. The van der Waals surface area contributed by atoms with Crippen LogP contribution in [0.25, 0.3) is 0 Å². The van der Waals surface area contributed by atoms with Gasteiger partial charge in [0.1, 0.15) is 0 Å². The Hall–Kier alpha value is -1.87. The fraction of sp³-hybridized carbons (Fsp3) is 0.385. The minimum Gasteiger partial charge on any atom is -0.257 e. The lowest BCUT2D eigenvalue weighted by Crippen LogP contribution is -2.33. The van der Waals surface area contributed by atoms with E-state index in [4.69, 9.17) is 0 Å². The van der Waals surface area contributed by atoms with Crippen LogP contribution in [0.1, 0.15) is 30.7 Å². The van der Waals surface area contributed by atoms with E-state index in [9.17, 15) is 17.2 Å². The number of benzene rings is 1. The molecule has 1 aliphatic rings. The molecule has 2 aromatic rings. The van der Waals surface area contributed by atoms with Gasteiger partial charge in [-0.1, -0.05) is 30.3 Å². The van der Waals surface area contributed by atoms with Gasteiger partial charge in [0.05, 0.1) is 0 Å². The van der Waals surface area contributed by atoms with Crippen molar-refractivity contribution in [2.45, 2.75) is 37.0 Å². The van der Waals surface area contributed by atoms with Gasteiger partial charge in [0.15, 0.2) is 5.82 Å². The van der Waals surface area contributed by atoms with E-state index < -0.39 is 27.4 Å². The van der Waals surface area contributed by atoms with E-state index in [0.717, 1.165) is 18.4 Å². The predicted molar refractivity (Wildman–Crippen MR) is 73.5 cm³/mol. The molecule has 118 valence electrons. The molecule has 22 heavy (non-hydrogen) atoms. The van der Waals surface area contributed by atoms with E-state index in [1.54, 1.807) is 0 Å². The van der Waals surface area contributed by atoms with Gasteiger partial charge in [-0.2, -0.15) is 9.29 Å². The molecular weight excluding hydrogens is 314 g/mol. The maximum atomic E-state index is 12.6. The van der Waals surface area contributed by atoms with E-state index >= 15 is 0 Å². The third-order valence-corrected chi connectivity index (χ3v) is 5.05. The maximum absolute atomic E-state index is 12.6. The van der Waals surface area contributed by atoms with Crippen molar-refractivity contribution in [3.63, 3.8) is 0 Å². The number of nitrogens with one attached hydrogen (secondary N) is 1. The molecule has 0 radical (unpaired) electrons. The monoisotopic (exact) mass is 328 g/mol. The second-order valence-electron chi connectivity index (χ2n) is 5.07. The maximum Gasteiger partial charge on any atom is 0.296 e. The summed E-state index contributed by atoms with van der Waals surface area (Å²) in [5.74, 6) is -0.742. The summed E-state index contributed by atoms with van der Waals surface area (Å²) in [6, 6.07) is 8.97. The second kappa shape index (κ2) is 5.73. The summed E-state index contributed by atoms with van der Waals surface area (Å²) >= 11 is 0. The van der Waals surface area contributed by atoms with E-state index in [1.807, 2.05) is 35.4 Å². The van der Waals surface area contributed by atoms with Crippen LogP contribution in [0.4, 0.5) is 8.78 Å². The Kier molecular flexibility index (Phi) is 3.92. The average molecular weight is 328 g/mol. The van der Waals surface area contributed by atoms with Gasteiger partial charge in [0.2, 0.25) is 0 Å². The third-order valence-electron chi connectivity index (χ3n) is 3.36. The highest BCUT2D eigenvalue weighted by Crippen LogP contribution is 2.32. The molecule has 1 aromatic heterocycles. The number of sulfonamides is 1. The van der Waals surface area contributed by atoms with Gasteiger partial charge in [-0.25, -0.2) is 17.2 Å². The van der Waals surface area contributed by atoms with E-state index in [2.05, 4.69) is 10.1 Å². The zero-order valence-electron chi connectivity index (χ0n) is 11.5. The zero-order valence-corrected chi connectivity index (χ0v) is 12.3. The van der Waals surface area contributed by atoms with Crippen molar-refractivity contribution in [2.24, 2.45) is 0 Å². The van der Waals surface area contributed by atoms with Crippen molar-refractivity contribution in [1.29, 1.82) is 0 Å². The molecule has 3 rings (SSSR count). The van der Waals surface area contributed by atoms with Crippen molar-refractivity contribution in [2.75, 3.05) is 0 Å². The van der Waals surface area contributed by atoms with Crippen molar-refractivity contribution in [3.8, 4) is 0 Å². The van der Waals surface area contributed by atoms with Crippen LogP contribution < -0.4 is 0 Å². The van der Waals surface area contributed by atoms with Gasteiger partial charge in [-0.05, 0) is 18.4 Å². The summed E-state index contributed by atoms with van der Waals surface area (Å²) in [6.45, 7) is 0.173. The number of hydrogen-bond acceptors (Lipinski definition) is 4. The minimum absolute atomic E-state index is 0.126. The molecule has 1 fully saturated rings. The van der Waals surface area contributed by atoms with Crippen molar-refractivity contribution >= 4 is 10.0 Å². The number of nitrogens with zero attached hydrogens (tertiary/aromatic N) is 3. The number of halogens is 2. The van der Waals surface area contributed by atoms with Crippen LogP contribution in [0.5, 0.6) is 0 Å². The van der Waals surface area contributed by atoms with Crippen LogP contribution in [0.3, 0.4) is 0 Å². The molecule has 0 bridgehead atoms. The minimum atomic E-state index is -4.00. The Bertz CT molecular complexity index is 744. The molecule has 0 saturated heterocycles. The topological polar surface area (TPSA) is 79.0 Å². The van der Waals surface area contributed by atoms with Gasteiger partial charge >= 0.3 is 0 Å². The van der Waals surface area contributed by atoms with Gasteiger partial charge < -0.3 is 0 Å². The highest BCUT2D eigenvalue weighted by molar-refractivity contribution is 7.89. The molecule has 1 heterocycles. The Labute approximate surface area is 126 Å². The number of aromatic nitrogens is 3. The van der Waals surface area contributed by atoms with E-state index in [0.29, 0.717) is 0 Å². The number of alkyl halides is 2. The SMILES string of the molecule is O=S(=O)(c1n[nH]c(C(F)F)n1)N(Cc1ccccc1)C1CC1. The first-order chi connectivity index (χ1) is 10.5. The number of H-pyrrole nitrogens is 1. The average Bonchev–Trinajstić information content (AvgIpc) is 3.19. The van der Waals surface area contributed by atoms with Gasteiger partial charge in [-0.3, -0.25) is 5.10 Å². The summed E-state index contributed by atoms with van der Waals surface area (Å²) in [5.41, 5.74) is 0.822. The fourth-order valence-corrected chi connectivity index (χ4v) is 3.62. The molecule has 0 amide bonds. The highest BCUT2D eigenvalue weighted by atomic mass is 32.2. The highest BCUT2D eigenvalue weighted by Gasteiger charge is 2.40. The standard InChI is InChI=1S/C13H14F2N4O2S/c14-11(15)12-16-13(18-17-12)22(20,21)19(10-6-7-10)8-9-4-2-1-3-5-9/h1-5,10-11H,6-8H2,(H,16,17,18). The first kappa shape index (κ1) is 15.0. The molecular formula is C13H14F2N4O2S. The van der Waals surface area contributed by atoms with E-state index in [-0.39, 0.29) is 12.6 Å². The van der Waals surface area contributed by atoms with Crippen molar-refractivity contribution in [1.82, 2.24) is 19.5 Å². The number of aromatic amines is 1. The smallest absolute Gasteiger partial charge is 0.257 e. The van der Waals surface area contributed by atoms with Crippen LogP contribution in [-0.2, 0) is 16.6 Å². The summed E-state index contributed by atoms with van der Waals surface area (Å²) in [5, 5.41) is 4.80. The Morgan fingerprint density at radius 2 is 1.95 bits per heavy atom. The molecule has 1 saturated carbocycles. The Balaban J connectivity index is 1.89. The van der Waals surface area contributed by atoms with Crippen LogP contribution in [-0.4, -0.2) is 33.9 Å². The van der Waals surface area contributed by atoms with Crippen LogP contribution in [0.15, 0.2) is 35.5 Å². The Morgan fingerprint density at radius 3 is 2.50 bits per heavy atom. The molecule has 1 aromatic carbocycles. The third kappa shape index (κ3) is 3.00. The molecule has 6 nitrogen and oxygen atoms in total. The van der Waals surface area contributed by atoms with Crippen molar-refractivity contribution in [3.05, 3.63) is 41.7 Å². The van der Waals surface area contributed by atoms with Crippen LogP contribution >= 0.6 is 0 Å². The van der Waals surface area contributed by atoms with Crippen LogP contribution in [0.2, 0.25) is 0 Å². The molecule has 1 aliphatic carbocycles. The number of hydrogen-bond donors (Lipinski definition) is 1. The summed E-state index contributed by atoms with van der Waals surface area (Å²) < 4.78 is 51.5. The molecule has 9 heteroatoms. The van der Waals surface area contributed by atoms with Gasteiger partial charge in [0, 0.05) is 12.6 Å². The quantitative estimate of drug-likeness (QED) is 0.881. The van der Waals surface area contributed by atoms with E-state index in [1.165, 1.54) is 4.31 Å². The lowest BCUT2D eigenvalue weighted by Gasteiger charge is -2.19. The zero-order chi connectivity index (χ0) is 15.7. The number of rotatable bonds is 6. The molecule has 1 N–H and O–H groups in total. The first-order valence-corrected chi connectivity index (χ1v) is 8.18. The summed E-state index contributed by atoms with van der Waals surface area (Å²) in [4.78, 5) is 3.41. The molecule has 0 spiro atoms. The summed E-state index contributed by atoms with van der Waals surface area (Å²) in [7, 11) is -4.00. The predicted octanol–water partition coefficient (Wildman–Crippen LogP) is 2.10. The summed E-state index contributed by atoms with van der Waals surface area (Å²) in [6.07, 6.45) is -1.39. The van der Waals surface area contributed by atoms with Crippen molar-refractivity contribution < 1.29 is 17.2 Å². The second-order valence-corrected chi connectivity index (χ2v) is 6.86. The lowest BCUT2D eigenvalue weighted by molar-refractivity contribution is 0.140. The lowest BCUT2D eigenvalue weighted by atomic mass is 10.2. The van der Waals surface area contributed by atoms with Gasteiger partial charge in [-0.15, -0.1) is 5.10 Å². The Morgan fingerprint density at radius 1 is 1.27 bits per heavy atom. The first-order valence-electron chi connectivity index (χ1n) is 6.74. The molecule has 0 atom stereocenters. The normalized spacial score (nSPS) is 15.6. The largest absolute Gasteiger partial charge is 0.296 e. The fourth-order valence-electron chi connectivity index (χ4n) is 2.11. The van der Waals surface area contributed by atoms with Gasteiger partial charge in [0.25, 0.3) is 21.6 Å². The molecule has 0 unspecified atom stereocenters.